The molecule has 0 bridgehead atoms. The van der Waals surface area contributed by atoms with E-state index < -0.39 is 20.6 Å². The molecule has 26 heavy (non-hydrogen) atoms. The summed E-state index contributed by atoms with van der Waals surface area (Å²) in [6.07, 6.45) is 0. The first kappa shape index (κ1) is 20.7. The summed E-state index contributed by atoms with van der Waals surface area (Å²) in [5.74, 6) is -0.311. The summed E-state index contributed by atoms with van der Waals surface area (Å²) in [7, 11) is -3.37. The quantitative estimate of drug-likeness (QED) is 0.762. The average Bonchev–Trinajstić information content (AvgIpc) is 2.56. The Kier molecular flexibility index (Phi) is 6.06. The summed E-state index contributed by atoms with van der Waals surface area (Å²) in [5.41, 5.74) is 0.494. The van der Waals surface area contributed by atoms with Gasteiger partial charge in [-0.3, -0.25) is 4.79 Å². The normalized spacial score (nSPS) is 12.3. The van der Waals surface area contributed by atoms with Crippen LogP contribution in [0.3, 0.4) is 0 Å². The van der Waals surface area contributed by atoms with Gasteiger partial charge < -0.3 is 5.32 Å². The van der Waals surface area contributed by atoms with Crippen molar-refractivity contribution in [2.45, 2.75) is 43.4 Å². The smallest absolute Gasteiger partial charge is 0.251 e. The predicted octanol–water partition coefficient (Wildman–Crippen LogP) is 4.84. The van der Waals surface area contributed by atoms with E-state index in [1.807, 2.05) is 13.8 Å². The van der Waals surface area contributed by atoms with Gasteiger partial charge >= 0.3 is 0 Å². The second-order valence-electron chi connectivity index (χ2n) is 6.83. The van der Waals surface area contributed by atoms with Crippen LogP contribution in [0.2, 0.25) is 10.0 Å². The highest BCUT2D eigenvalue weighted by Gasteiger charge is 2.25. The van der Waals surface area contributed by atoms with Crippen LogP contribution in [-0.4, -0.2) is 19.6 Å². The topological polar surface area (TPSA) is 63.2 Å². The fraction of sp³-hybridized carbons (Fsp3) is 0.316. The molecule has 0 aromatic heterocycles. The van der Waals surface area contributed by atoms with Crippen molar-refractivity contribution in [2.24, 2.45) is 0 Å². The summed E-state index contributed by atoms with van der Waals surface area (Å²) in [6, 6.07) is 11.1. The monoisotopic (exact) mass is 413 g/mol. The van der Waals surface area contributed by atoms with E-state index in [4.69, 9.17) is 23.2 Å². The number of carbonyl (C=O) groups excluding carboxylic acids is 1. The third kappa shape index (κ3) is 4.40. The van der Waals surface area contributed by atoms with Crippen molar-refractivity contribution in [3.8, 4) is 0 Å². The van der Waals surface area contributed by atoms with Crippen molar-refractivity contribution < 1.29 is 13.2 Å². The number of hydrogen-bond acceptors (Lipinski definition) is 3. The maximum atomic E-state index is 12.6. The van der Waals surface area contributed by atoms with Crippen LogP contribution in [0.4, 0.5) is 0 Å². The van der Waals surface area contributed by atoms with Crippen LogP contribution in [0, 0.1) is 0 Å². The molecule has 0 aliphatic heterocycles. The van der Waals surface area contributed by atoms with Gasteiger partial charge in [0.1, 0.15) is 0 Å². The highest BCUT2D eigenvalue weighted by Crippen LogP contribution is 2.28. The van der Waals surface area contributed by atoms with Crippen molar-refractivity contribution >= 4 is 38.9 Å². The van der Waals surface area contributed by atoms with Crippen LogP contribution in [-0.2, 0) is 15.4 Å². The largest absolute Gasteiger partial charge is 0.343 e. The van der Waals surface area contributed by atoms with Crippen molar-refractivity contribution in [2.75, 3.05) is 0 Å². The molecule has 2 aromatic rings. The zero-order valence-electron chi connectivity index (χ0n) is 15.0. The SMILES string of the molecule is CC(C)S(=O)(=O)c1ccc(C(=O)NC(C)(C)c2ccc(Cl)c(Cl)c2)cc1. The Labute approximate surface area is 164 Å². The number of hydrogen-bond donors (Lipinski definition) is 1. The highest BCUT2D eigenvalue weighted by molar-refractivity contribution is 7.92. The average molecular weight is 414 g/mol. The number of benzene rings is 2. The maximum absolute atomic E-state index is 12.6. The number of carbonyl (C=O) groups is 1. The van der Waals surface area contributed by atoms with E-state index in [1.165, 1.54) is 24.3 Å². The van der Waals surface area contributed by atoms with Gasteiger partial charge in [0.25, 0.3) is 5.91 Å². The van der Waals surface area contributed by atoms with E-state index in [-0.39, 0.29) is 10.8 Å². The van der Waals surface area contributed by atoms with E-state index in [1.54, 1.807) is 32.0 Å². The highest BCUT2D eigenvalue weighted by atomic mass is 35.5. The molecule has 0 heterocycles. The summed E-state index contributed by atoms with van der Waals surface area (Å²) >= 11 is 12.0. The maximum Gasteiger partial charge on any atom is 0.251 e. The fourth-order valence-corrected chi connectivity index (χ4v) is 3.74. The van der Waals surface area contributed by atoms with Crippen molar-refractivity contribution in [1.29, 1.82) is 0 Å². The van der Waals surface area contributed by atoms with Crippen molar-refractivity contribution in [3.05, 3.63) is 63.6 Å². The molecule has 0 unspecified atom stereocenters. The third-order valence-electron chi connectivity index (χ3n) is 4.13. The molecular formula is C19H21Cl2NO3S. The Hall–Kier alpha value is -1.56. The number of halogens is 2. The third-order valence-corrected chi connectivity index (χ3v) is 7.04. The van der Waals surface area contributed by atoms with Gasteiger partial charge in [-0.05, 0) is 69.7 Å². The van der Waals surface area contributed by atoms with Crippen LogP contribution >= 0.6 is 23.2 Å². The molecule has 0 spiro atoms. The molecule has 140 valence electrons. The Balaban J connectivity index is 2.22. The van der Waals surface area contributed by atoms with Gasteiger partial charge in [0.2, 0.25) is 0 Å². The summed E-state index contributed by atoms with van der Waals surface area (Å²) < 4.78 is 24.3. The van der Waals surface area contributed by atoms with Gasteiger partial charge in [-0.25, -0.2) is 8.42 Å². The van der Waals surface area contributed by atoms with Gasteiger partial charge in [0.15, 0.2) is 9.84 Å². The Morgan fingerprint density at radius 1 is 1.00 bits per heavy atom. The lowest BCUT2D eigenvalue weighted by Crippen LogP contribution is -2.41. The fourth-order valence-electron chi connectivity index (χ4n) is 2.38. The predicted molar refractivity (Wildman–Crippen MR) is 106 cm³/mol. The lowest BCUT2D eigenvalue weighted by molar-refractivity contribution is 0.0912. The van der Waals surface area contributed by atoms with Gasteiger partial charge in [-0.2, -0.15) is 0 Å². The van der Waals surface area contributed by atoms with Gasteiger partial charge in [-0.15, -0.1) is 0 Å². The Morgan fingerprint density at radius 2 is 1.58 bits per heavy atom. The molecule has 0 radical (unpaired) electrons. The summed E-state index contributed by atoms with van der Waals surface area (Å²) in [5, 5.41) is 3.26. The number of amides is 1. The minimum absolute atomic E-state index is 0.202. The second-order valence-corrected chi connectivity index (χ2v) is 10.1. The van der Waals surface area contributed by atoms with Crippen LogP contribution in [0.5, 0.6) is 0 Å². The van der Waals surface area contributed by atoms with Crippen LogP contribution in [0.1, 0.15) is 43.6 Å². The molecule has 2 rings (SSSR count). The molecule has 2 aromatic carbocycles. The molecule has 0 saturated carbocycles. The van der Waals surface area contributed by atoms with E-state index in [2.05, 4.69) is 5.32 Å². The van der Waals surface area contributed by atoms with Crippen LogP contribution in [0.25, 0.3) is 0 Å². The van der Waals surface area contributed by atoms with Crippen LogP contribution in [0.15, 0.2) is 47.4 Å². The molecule has 1 N–H and O–H groups in total. The number of rotatable bonds is 5. The van der Waals surface area contributed by atoms with Gasteiger partial charge in [-0.1, -0.05) is 29.3 Å². The number of sulfone groups is 1. The standard InChI is InChI=1S/C19H21Cl2NO3S/c1-12(2)26(24,25)15-8-5-13(6-9-15)18(23)22-19(3,4)14-7-10-16(20)17(21)11-14/h5-12H,1-4H3,(H,22,23). The minimum atomic E-state index is -3.37. The molecule has 1 amide bonds. The molecule has 7 heteroatoms. The molecular weight excluding hydrogens is 393 g/mol. The first-order valence-corrected chi connectivity index (χ1v) is 10.4. The second kappa shape index (κ2) is 7.59. The first-order valence-electron chi connectivity index (χ1n) is 8.07. The first-order chi connectivity index (χ1) is 11.9. The summed E-state index contributed by atoms with van der Waals surface area (Å²) in [6.45, 7) is 6.94. The molecule has 0 aliphatic carbocycles. The Bertz CT molecular complexity index is 920. The van der Waals surface area contributed by atoms with Crippen molar-refractivity contribution in [3.63, 3.8) is 0 Å². The molecule has 0 aliphatic rings. The van der Waals surface area contributed by atoms with E-state index in [0.717, 1.165) is 5.56 Å². The molecule has 4 nitrogen and oxygen atoms in total. The zero-order chi connectivity index (χ0) is 19.7. The number of nitrogens with one attached hydrogen (secondary N) is 1. The van der Waals surface area contributed by atoms with E-state index in [0.29, 0.717) is 15.6 Å². The van der Waals surface area contributed by atoms with E-state index >= 15 is 0 Å². The molecule has 0 saturated heterocycles. The summed E-state index contributed by atoms with van der Waals surface area (Å²) in [4.78, 5) is 12.8. The van der Waals surface area contributed by atoms with Gasteiger partial charge in [0, 0.05) is 5.56 Å². The van der Waals surface area contributed by atoms with Gasteiger partial charge in [0.05, 0.1) is 25.7 Å². The molecule has 0 atom stereocenters. The van der Waals surface area contributed by atoms with Crippen molar-refractivity contribution in [1.82, 2.24) is 5.32 Å². The lowest BCUT2D eigenvalue weighted by atomic mass is 9.94. The van der Waals surface area contributed by atoms with Crippen LogP contribution < -0.4 is 5.32 Å². The Morgan fingerprint density at radius 3 is 2.08 bits per heavy atom. The lowest BCUT2D eigenvalue weighted by Gasteiger charge is -2.27. The minimum Gasteiger partial charge on any atom is -0.343 e. The molecule has 0 fully saturated rings. The van der Waals surface area contributed by atoms with E-state index in [9.17, 15) is 13.2 Å². The zero-order valence-corrected chi connectivity index (χ0v) is 17.3.